The van der Waals surface area contributed by atoms with Crippen LogP contribution in [0.4, 0.5) is 0 Å². The zero-order valence-corrected chi connectivity index (χ0v) is 12.3. The van der Waals surface area contributed by atoms with Crippen LogP contribution >= 0.6 is 0 Å². The monoisotopic (exact) mass is 276 g/mol. The molecule has 104 valence electrons. The van der Waals surface area contributed by atoms with E-state index in [2.05, 4.69) is 77.4 Å². The third kappa shape index (κ3) is 3.00. The number of rotatable bonds is 4. The SMILES string of the molecule is CCC[n+]1ccc(-c2cc[nH+]cc2)c(-c2ccccc2)c1. The summed E-state index contributed by atoms with van der Waals surface area (Å²) in [6.07, 6.45) is 9.50. The highest BCUT2D eigenvalue weighted by atomic mass is 14.9. The normalized spacial score (nSPS) is 10.5. The molecule has 0 spiro atoms. The molecule has 0 aliphatic rings. The number of benzene rings is 1. The van der Waals surface area contributed by atoms with E-state index in [-0.39, 0.29) is 0 Å². The molecule has 0 fully saturated rings. The lowest BCUT2D eigenvalue weighted by molar-refractivity contribution is -0.696. The molecular weight excluding hydrogens is 256 g/mol. The Kier molecular flexibility index (Phi) is 4.06. The van der Waals surface area contributed by atoms with Gasteiger partial charge in [-0.25, -0.2) is 9.55 Å². The Morgan fingerprint density at radius 2 is 1.57 bits per heavy atom. The lowest BCUT2D eigenvalue weighted by Crippen LogP contribution is -2.32. The summed E-state index contributed by atoms with van der Waals surface area (Å²) in [6.45, 7) is 3.25. The maximum atomic E-state index is 3.09. The fourth-order valence-electron chi connectivity index (χ4n) is 2.60. The third-order valence-corrected chi connectivity index (χ3v) is 3.61. The molecule has 2 heteroatoms. The Balaban J connectivity index is 2.16. The summed E-state index contributed by atoms with van der Waals surface area (Å²) >= 11 is 0. The van der Waals surface area contributed by atoms with Crippen molar-refractivity contribution in [2.45, 2.75) is 19.9 Å². The van der Waals surface area contributed by atoms with Gasteiger partial charge < -0.3 is 0 Å². The summed E-state index contributed by atoms with van der Waals surface area (Å²) in [6, 6.07) is 17.0. The van der Waals surface area contributed by atoms with Crippen LogP contribution in [0.5, 0.6) is 0 Å². The molecule has 21 heavy (non-hydrogen) atoms. The van der Waals surface area contributed by atoms with Crippen LogP contribution in [0.25, 0.3) is 22.3 Å². The van der Waals surface area contributed by atoms with Crippen molar-refractivity contribution in [3.8, 4) is 22.3 Å². The first kappa shape index (κ1) is 13.5. The number of nitrogens with zero attached hydrogens (tertiary/aromatic N) is 1. The van der Waals surface area contributed by atoms with Gasteiger partial charge in [0.05, 0.1) is 5.56 Å². The molecule has 2 heterocycles. The molecule has 0 saturated carbocycles. The van der Waals surface area contributed by atoms with Gasteiger partial charge in [0.2, 0.25) is 0 Å². The maximum absolute atomic E-state index is 3.09. The van der Waals surface area contributed by atoms with Gasteiger partial charge in [-0.15, -0.1) is 0 Å². The number of aromatic amines is 1. The van der Waals surface area contributed by atoms with Crippen molar-refractivity contribution in [1.82, 2.24) is 0 Å². The van der Waals surface area contributed by atoms with E-state index in [9.17, 15) is 0 Å². The second kappa shape index (κ2) is 6.31. The van der Waals surface area contributed by atoms with Gasteiger partial charge in [-0.2, -0.15) is 0 Å². The summed E-state index contributed by atoms with van der Waals surface area (Å²) < 4.78 is 2.26. The van der Waals surface area contributed by atoms with E-state index in [0.717, 1.165) is 13.0 Å². The van der Waals surface area contributed by atoms with Gasteiger partial charge in [-0.05, 0) is 11.1 Å². The highest BCUT2D eigenvalue weighted by Gasteiger charge is 2.13. The molecule has 0 unspecified atom stereocenters. The van der Waals surface area contributed by atoms with Crippen LogP contribution in [0.1, 0.15) is 13.3 Å². The van der Waals surface area contributed by atoms with Crippen molar-refractivity contribution in [2.24, 2.45) is 0 Å². The fraction of sp³-hybridized carbons (Fsp3) is 0.158. The van der Waals surface area contributed by atoms with Gasteiger partial charge in [-0.3, -0.25) is 0 Å². The molecule has 0 saturated heterocycles. The number of nitrogens with one attached hydrogen (secondary N) is 1. The summed E-state index contributed by atoms with van der Waals surface area (Å²) in [5.74, 6) is 0. The molecule has 0 aliphatic carbocycles. The molecule has 1 aromatic carbocycles. The lowest BCUT2D eigenvalue weighted by Gasteiger charge is -2.08. The van der Waals surface area contributed by atoms with Crippen LogP contribution < -0.4 is 9.55 Å². The lowest BCUT2D eigenvalue weighted by atomic mass is 9.97. The standard InChI is InChI=1S/C19H19N2/c1-2-13-21-14-10-18(17-8-11-20-12-9-17)19(15-21)16-6-4-3-5-7-16/h3-12,14-15H,2,13H2,1H3/q+1/p+1. The zero-order chi connectivity index (χ0) is 14.5. The molecule has 0 atom stereocenters. The van der Waals surface area contributed by atoms with Crippen molar-refractivity contribution in [2.75, 3.05) is 0 Å². The molecule has 1 N–H and O–H groups in total. The minimum absolute atomic E-state index is 1.04. The second-order valence-corrected chi connectivity index (χ2v) is 5.16. The smallest absolute Gasteiger partial charge is 0.177 e. The molecule has 0 amide bonds. The Morgan fingerprint density at radius 3 is 2.29 bits per heavy atom. The summed E-state index contributed by atoms with van der Waals surface area (Å²) in [4.78, 5) is 3.09. The summed E-state index contributed by atoms with van der Waals surface area (Å²) in [5, 5.41) is 0. The van der Waals surface area contributed by atoms with Crippen molar-refractivity contribution in [3.05, 3.63) is 73.3 Å². The van der Waals surface area contributed by atoms with E-state index in [1.165, 1.54) is 22.3 Å². The van der Waals surface area contributed by atoms with Gasteiger partial charge in [0.25, 0.3) is 0 Å². The number of pyridine rings is 2. The average molecular weight is 276 g/mol. The van der Waals surface area contributed by atoms with Crippen molar-refractivity contribution in [3.63, 3.8) is 0 Å². The van der Waals surface area contributed by atoms with Crippen molar-refractivity contribution in [1.29, 1.82) is 0 Å². The quantitative estimate of drug-likeness (QED) is 0.649. The third-order valence-electron chi connectivity index (χ3n) is 3.61. The number of hydrogen-bond acceptors (Lipinski definition) is 0. The van der Waals surface area contributed by atoms with Crippen molar-refractivity contribution < 1.29 is 9.55 Å². The second-order valence-electron chi connectivity index (χ2n) is 5.16. The number of hydrogen-bond donors (Lipinski definition) is 0. The van der Waals surface area contributed by atoms with E-state index in [1.807, 2.05) is 12.4 Å². The van der Waals surface area contributed by atoms with Crippen LogP contribution in [-0.2, 0) is 6.54 Å². The molecule has 3 rings (SSSR count). The highest BCUT2D eigenvalue weighted by Crippen LogP contribution is 2.30. The molecule has 3 aromatic rings. The van der Waals surface area contributed by atoms with E-state index >= 15 is 0 Å². The van der Waals surface area contributed by atoms with Gasteiger partial charge in [0.1, 0.15) is 6.54 Å². The Hall–Kier alpha value is -2.48. The first-order chi connectivity index (χ1) is 10.4. The minimum atomic E-state index is 1.04. The molecule has 0 radical (unpaired) electrons. The highest BCUT2D eigenvalue weighted by molar-refractivity contribution is 5.81. The fourth-order valence-corrected chi connectivity index (χ4v) is 2.60. The largest absolute Gasteiger partial charge is 0.218 e. The van der Waals surface area contributed by atoms with Gasteiger partial charge in [0.15, 0.2) is 24.8 Å². The van der Waals surface area contributed by atoms with Gasteiger partial charge in [-0.1, -0.05) is 37.3 Å². The topological polar surface area (TPSA) is 18.0 Å². The maximum Gasteiger partial charge on any atom is 0.177 e. The molecule has 0 bridgehead atoms. The Morgan fingerprint density at radius 1 is 0.857 bits per heavy atom. The number of aryl methyl sites for hydroxylation is 1. The van der Waals surface area contributed by atoms with E-state index in [4.69, 9.17) is 0 Å². The predicted molar refractivity (Wildman–Crippen MR) is 84.4 cm³/mol. The Bertz CT molecular complexity index is 706. The number of aromatic nitrogens is 2. The van der Waals surface area contributed by atoms with Crippen LogP contribution in [-0.4, -0.2) is 0 Å². The van der Waals surface area contributed by atoms with E-state index in [1.54, 1.807) is 0 Å². The molecule has 0 aliphatic heterocycles. The summed E-state index contributed by atoms with van der Waals surface area (Å²) in [7, 11) is 0. The zero-order valence-electron chi connectivity index (χ0n) is 12.3. The van der Waals surface area contributed by atoms with Crippen LogP contribution in [0.2, 0.25) is 0 Å². The van der Waals surface area contributed by atoms with E-state index in [0.29, 0.717) is 0 Å². The molecule has 2 nitrogen and oxygen atoms in total. The number of H-pyrrole nitrogens is 1. The first-order valence-corrected chi connectivity index (χ1v) is 7.43. The van der Waals surface area contributed by atoms with Crippen LogP contribution in [0.3, 0.4) is 0 Å². The van der Waals surface area contributed by atoms with E-state index < -0.39 is 0 Å². The first-order valence-electron chi connectivity index (χ1n) is 7.43. The molecule has 2 aromatic heterocycles. The van der Waals surface area contributed by atoms with Crippen LogP contribution in [0.15, 0.2) is 73.3 Å². The predicted octanol–water partition coefficient (Wildman–Crippen LogP) is 3.53. The summed E-state index contributed by atoms with van der Waals surface area (Å²) in [5.41, 5.74) is 5.03. The van der Waals surface area contributed by atoms with Crippen LogP contribution in [0, 0.1) is 0 Å². The van der Waals surface area contributed by atoms with Gasteiger partial charge in [0, 0.05) is 30.2 Å². The molecular formula is C19H20N2+2. The minimum Gasteiger partial charge on any atom is -0.218 e. The van der Waals surface area contributed by atoms with Crippen molar-refractivity contribution >= 4 is 0 Å². The average Bonchev–Trinajstić information content (AvgIpc) is 2.57. The Labute approximate surface area is 125 Å². The van der Waals surface area contributed by atoms with Gasteiger partial charge >= 0.3 is 0 Å².